The van der Waals surface area contributed by atoms with Crippen LogP contribution in [0.4, 0.5) is 17.1 Å². The van der Waals surface area contributed by atoms with Crippen molar-refractivity contribution in [2.75, 3.05) is 16.4 Å². The van der Waals surface area contributed by atoms with Crippen molar-refractivity contribution in [3.05, 3.63) is 135 Å². The molecule has 11 heteroatoms. The minimum Gasteiger partial charge on any atom is -0.325 e. The number of nitro benzene ring substituents is 1. The van der Waals surface area contributed by atoms with E-state index in [0.717, 1.165) is 4.90 Å². The molecule has 4 aromatic rings. The highest BCUT2D eigenvalue weighted by Gasteiger charge is 2.16. The van der Waals surface area contributed by atoms with E-state index in [1.54, 1.807) is 78.9 Å². The molecular weight excluding hydrogens is 564 g/mol. The Morgan fingerprint density at radius 3 is 2.05 bits per heavy atom. The Kier molecular flexibility index (Phi) is 9.87. The van der Waals surface area contributed by atoms with E-state index >= 15 is 0 Å². The second kappa shape index (κ2) is 13.9. The molecule has 3 amide bonds. The second-order valence-corrected chi connectivity index (χ2v) is 10.0. The van der Waals surface area contributed by atoms with Gasteiger partial charge in [0.25, 0.3) is 17.5 Å². The van der Waals surface area contributed by atoms with Crippen molar-refractivity contribution in [2.24, 2.45) is 0 Å². The summed E-state index contributed by atoms with van der Waals surface area (Å²) in [5.74, 6) is -1.07. The SMILES string of the molecule is O=C(CSc1ccc(NC(=O)/C(=C/c2ccc([N+](=O)[O-])cc2)NC(=O)c2ccccc2)cc1)Nc1ccc(Cl)cc1. The number of halogens is 1. The summed E-state index contributed by atoms with van der Waals surface area (Å²) in [6.45, 7) is 0. The van der Waals surface area contributed by atoms with Crippen molar-refractivity contribution in [1.29, 1.82) is 0 Å². The third-order valence-electron chi connectivity index (χ3n) is 5.55. The minimum absolute atomic E-state index is 0.0509. The number of nitrogens with one attached hydrogen (secondary N) is 3. The van der Waals surface area contributed by atoms with Gasteiger partial charge in [-0.1, -0.05) is 29.8 Å². The maximum absolute atomic E-state index is 13.2. The van der Waals surface area contributed by atoms with Crippen LogP contribution in [0.1, 0.15) is 15.9 Å². The number of thioether (sulfide) groups is 1. The molecule has 9 nitrogen and oxygen atoms in total. The van der Waals surface area contributed by atoms with Crippen molar-refractivity contribution in [1.82, 2.24) is 5.32 Å². The Hall–Kier alpha value is -4.93. The Morgan fingerprint density at radius 2 is 1.41 bits per heavy atom. The lowest BCUT2D eigenvalue weighted by Gasteiger charge is -2.12. The molecule has 0 saturated heterocycles. The molecule has 206 valence electrons. The van der Waals surface area contributed by atoms with E-state index < -0.39 is 16.7 Å². The molecule has 0 saturated carbocycles. The van der Waals surface area contributed by atoms with Crippen LogP contribution in [0.15, 0.2) is 114 Å². The van der Waals surface area contributed by atoms with Crippen LogP contribution in [0.3, 0.4) is 0 Å². The molecule has 0 aliphatic carbocycles. The molecule has 0 bridgehead atoms. The summed E-state index contributed by atoms with van der Waals surface area (Å²) in [6.07, 6.45) is 1.43. The number of anilines is 2. The maximum atomic E-state index is 13.2. The zero-order valence-corrected chi connectivity index (χ0v) is 22.9. The summed E-state index contributed by atoms with van der Waals surface area (Å²) < 4.78 is 0. The average Bonchev–Trinajstić information content (AvgIpc) is 2.98. The van der Waals surface area contributed by atoms with Gasteiger partial charge in [-0.05, 0) is 84.4 Å². The van der Waals surface area contributed by atoms with Crippen LogP contribution in [0.5, 0.6) is 0 Å². The first-order chi connectivity index (χ1) is 19.8. The quantitative estimate of drug-likeness (QED) is 0.0854. The number of benzene rings is 4. The molecular formula is C30H23ClN4O5S. The fourth-order valence-corrected chi connectivity index (χ4v) is 4.34. The lowest BCUT2D eigenvalue weighted by Crippen LogP contribution is -2.30. The van der Waals surface area contributed by atoms with Crippen molar-refractivity contribution in [2.45, 2.75) is 4.90 Å². The lowest BCUT2D eigenvalue weighted by atomic mass is 10.1. The van der Waals surface area contributed by atoms with Gasteiger partial charge in [-0.2, -0.15) is 0 Å². The van der Waals surface area contributed by atoms with Gasteiger partial charge in [0.15, 0.2) is 0 Å². The molecule has 0 unspecified atom stereocenters. The van der Waals surface area contributed by atoms with E-state index in [4.69, 9.17) is 11.6 Å². The number of amides is 3. The largest absolute Gasteiger partial charge is 0.325 e. The highest BCUT2D eigenvalue weighted by atomic mass is 35.5. The number of nitro groups is 1. The summed E-state index contributed by atoms with van der Waals surface area (Å²) >= 11 is 7.19. The second-order valence-electron chi connectivity index (χ2n) is 8.55. The Balaban J connectivity index is 1.42. The molecule has 4 rings (SSSR count). The van der Waals surface area contributed by atoms with Crippen LogP contribution in [-0.4, -0.2) is 28.4 Å². The van der Waals surface area contributed by atoms with Crippen molar-refractivity contribution < 1.29 is 19.3 Å². The maximum Gasteiger partial charge on any atom is 0.272 e. The smallest absolute Gasteiger partial charge is 0.272 e. The highest BCUT2D eigenvalue weighted by Crippen LogP contribution is 2.22. The average molecular weight is 587 g/mol. The van der Waals surface area contributed by atoms with E-state index in [1.807, 2.05) is 0 Å². The van der Waals surface area contributed by atoms with Crippen LogP contribution in [0.2, 0.25) is 5.02 Å². The van der Waals surface area contributed by atoms with Gasteiger partial charge in [0, 0.05) is 39.0 Å². The standard InChI is InChI=1S/C30H23ClN4O5S/c31-22-8-10-23(11-9-22)32-28(36)19-41-26-16-12-24(13-17-26)33-30(38)27(34-29(37)21-4-2-1-3-5-21)18-20-6-14-25(15-7-20)35(39)40/h1-18H,19H2,(H,32,36)(H,33,38)(H,34,37)/b27-18-. The van der Waals surface area contributed by atoms with Crippen LogP contribution in [-0.2, 0) is 9.59 Å². The third kappa shape index (κ3) is 8.79. The molecule has 0 atom stereocenters. The summed E-state index contributed by atoms with van der Waals surface area (Å²) in [4.78, 5) is 49.5. The topological polar surface area (TPSA) is 130 Å². The van der Waals surface area contributed by atoms with E-state index in [9.17, 15) is 24.5 Å². The normalized spacial score (nSPS) is 10.9. The minimum atomic E-state index is -0.588. The number of carbonyl (C=O) groups excluding carboxylic acids is 3. The molecule has 3 N–H and O–H groups in total. The number of hydrogen-bond acceptors (Lipinski definition) is 6. The summed E-state index contributed by atoms with van der Waals surface area (Å²) in [6, 6.07) is 27.7. The molecule has 0 aliphatic heterocycles. The molecule has 0 fully saturated rings. The fraction of sp³-hybridized carbons (Fsp3) is 0.0333. The van der Waals surface area contributed by atoms with E-state index in [0.29, 0.717) is 27.5 Å². The fourth-order valence-electron chi connectivity index (χ4n) is 3.51. The summed E-state index contributed by atoms with van der Waals surface area (Å²) in [7, 11) is 0. The summed E-state index contributed by atoms with van der Waals surface area (Å²) in [5, 5.41) is 19.7. The lowest BCUT2D eigenvalue weighted by molar-refractivity contribution is -0.384. The van der Waals surface area contributed by atoms with Gasteiger partial charge < -0.3 is 16.0 Å². The van der Waals surface area contributed by atoms with Gasteiger partial charge >= 0.3 is 0 Å². The first-order valence-electron chi connectivity index (χ1n) is 12.2. The molecule has 0 spiro atoms. The van der Waals surface area contributed by atoms with Gasteiger partial charge in [0.05, 0.1) is 10.7 Å². The molecule has 0 radical (unpaired) electrons. The molecule has 0 heterocycles. The van der Waals surface area contributed by atoms with Crippen LogP contribution < -0.4 is 16.0 Å². The predicted octanol–water partition coefficient (Wildman–Crippen LogP) is 6.39. The number of rotatable bonds is 10. The van der Waals surface area contributed by atoms with E-state index in [-0.39, 0.29) is 23.0 Å². The first-order valence-corrected chi connectivity index (χ1v) is 13.6. The van der Waals surface area contributed by atoms with Crippen molar-refractivity contribution in [3.63, 3.8) is 0 Å². The highest BCUT2D eigenvalue weighted by molar-refractivity contribution is 8.00. The van der Waals surface area contributed by atoms with Gasteiger partial charge in [-0.25, -0.2) is 0 Å². The van der Waals surface area contributed by atoms with Crippen LogP contribution in [0, 0.1) is 10.1 Å². The van der Waals surface area contributed by atoms with Crippen LogP contribution >= 0.6 is 23.4 Å². The van der Waals surface area contributed by atoms with Crippen molar-refractivity contribution >= 4 is 64.2 Å². The van der Waals surface area contributed by atoms with Gasteiger partial charge in [0.2, 0.25) is 5.91 Å². The summed E-state index contributed by atoms with van der Waals surface area (Å²) in [5.41, 5.74) is 1.81. The number of nitrogens with zero attached hydrogens (tertiary/aromatic N) is 1. The van der Waals surface area contributed by atoms with Gasteiger partial charge in [0.1, 0.15) is 5.70 Å². The zero-order valence-electron chi connectivity index (χ0n) is 21.4. The van der Waals surface area contributed by atoms with E-state index in [2.05, 4.69) is 16.0 Å². The number of non-ortho nitro benzene ring substituents is 1. The van der Waals surface area contributed by atoms with Crippen LogP contribution in [0.25, 0.3) is 6.08 Å². The van der Waals surface area contributed by atoms with Gasteiger partial charge in [-0.15, -0.1) is 11.8 Å². The number of hydrogen-bond donors (Lipinski definition) is 3. The molecule has 41 heavy (non-hydrogen) atoms. The van der Waals surface area contributed by atoms with Crippen molar-refractivity contribution in [3.8, 4) is 0 Å². The molecule has 0 aliphatic rings. The molecule has 0 aromatic heterocycles. The first kappa shape index (κ1) is 29.1. The number of carbonyl (C=O) groups is 3. The Labute approximate surface area is 244 Å². The monoisotopic (exact) mass is 586 g/mol. The van der Waals surface area contributed by atoms with E-state index in [1.165, 1.54) is 42.1 Å². The van der Waals surface area contributed by atoms with Gasteiger partial charge in [-0.3, -0.25) is 24.5 Å². The Morgan fingerprint density at radius 1 is 0.805 bits per heavy atom. The Bertz CT molecular complexity index is 1580. The molecule has 4 aromatic carbocycles. The zero-order chi connectivity index (χ0) is 29.2. The third-order valence-corrected chi connectivity index (χ3v) is 6.82. The predicted molar refractivity (Wildman–Crippen MR) is 161 cm³/mol.